The molecule has 1 aromatic carbocycles. The van der Waals surface area contributed by atoms with Gasteiger partial charge >= 0.3 is 0 Å². The summed E-state index contributed by atoms with van der Waals surface area (Å²) in [5.74, 6) is 0.711. The maximum Gasteiger partial charge on any atom is 0.227 e. The fourth-order valence-corrected chi connectivity index (χ4v) is 3.27. The Kier molecular flexibility index (Phi) is 4.17. The fraction of sp³-hybridized carbons (Fsp3) is 0.235. The summed E-state index contributed by atoms with van der Waals surface area (Å²) < 4.78 is 42.1. The molecule has 0 fully saturated rings. The van der Waals surface area contributed by atoms with Crippen molar-refractivity contribution in [2.75, 3.05) is 6.26 Å². The van der Waals surface area contributed by atoms with Crippen molar-refractivity contribution >= 4 is 15.4 Å². The minimum atomic E-state index is -3.14. The quantitative estimate of drug-likeness (QED) is 0.858. The monoisotopic (exact) mass is 333 g/mol. The third-order valence-corrected chi connectivity index (χ3v) is 5.17. The molecule has 0 saturated carbocycles. The Morgan fingerprint density at radius 2 is 2.04 bits per heavy atom. The van der Waals surface area contributed by atoms with Gasteiger partial charge in [0.2, 0.25) is 5.89 Å². The molecule has 0 bridgehead atoms. The summed E-state index contributed by atoms with van der Waals surface area (Å²) in [7, 11) is -3.14. The van der Waals surface area contributed by atoms with Crippen LogP contribution in [0.2, 0.25) is 0 Å². The van der Waals surface area contributed by atoms with E-state index >= 15 is 0 Å². The predicted octanol–water partition coefficient (Wildman–Crippen LogP) is 3.57. The van der Waals surface area contributed by atoms with E-state index in [2.05, 4.69) is 4.98 Å². The number of sulfone groups is 1. The largest absolute Gasteiger partial charge is 0.436 e. The smallest absolute Gasteiger partial charge is 0.227 e. The van der Waals surface area contributed by atoms with Gasteiger partial charge in [0, 0.05) is 17.4 Å². The van der Waals surface area contributed by atoms with Crippen molar-refractivity contribution in [1.82, 2.24) is 4.98 Å². The Bertz CT molecular complexity index is 866. The number of allylic oxidation sites excluding steroid dienone is 3. The van der Waals surface area contributed by atoms with Crippen LogP contribution in [0, 0.1) is 0 Å². The molecule has 0 amide bonds. The lowest BCUT2D eigenvalue weighted by Gasteiger charge is -2.13. The van der Waals surface area contributed by atoms with Crippen LogP contribution in [0.4, 0.5) is 4.39 Å². The first-order valence-corrected chi connectivity index (χ1v) is 9.13. The van der Waals surface area contributed by atoms with E-state index < -0.39 is 21.8 Å². The van der Waals surface area contributed by atoms with Crippen LogP contribution in [0.25, 0.3) is 17.0 Å². The molecular formula is C17H16FNO3S. The second kappa shape index (κ2) is 6.12. The number of benzene rings is 1. The van der Waals surface area contributed by atoms with Gasteiger partial charge in [-0.3, -0.25) is 0 Å². The molecule has 23 heavy (non-hydrogen) atoms. The third-order valence-electron chi connectivity index (χ3n) is 3.72. The van der Waals surface area contributed by atoms with E-state index in [9.17, 15) is 12.8 Å². The van der Waals surface area contributed by atoms with Gasteiger partial charge in [-0.15, -0.1) is 0 Å². The lowest BCUT2D eigenvalue weighted by Crippen LogP contribution is -2.18. The SMILES string of the molecule is CS(=O)(=O)[C@H]1C=CC(c2oc(-c3ccccc3)nc2CF)=CC1. The Morgan fingerprint density at radius 1 is 1.30 bits per heavy atom. The normalized spacial score (nSPS) is 18.0. The van der Waals surface area contributed by atoms with Gasteiger partial charge in [0.25, 0.3) is 0 Å². The average Bonchev–Trinajstić information content (AvgIpc) is 2.99. The first-order valence-electron chi connectivity index (χ1n) is 7.17. The van der Waals surface area contributed by atoms with Gasteiger partial charge in [-0.2, -0.15) is 0 Å². The van der Waals surface area contributed by atoms with Crippen LogP contribution in [0.15, 0.2) is 53.0 Å². The van der Waals surface area contributed by atoms with Gasteiger partial charge in [-0.1, -0.05) is 36.4 Å². The molecule has 0 radical (unpaired) electrons. The van der Waals surface area contributed by atoms with Gasteiger partial charge in [0.05, 0.1) is 5.25 Å². The maximum absolute atomic E-state index is 13.3. The molecule has 1 aromatic heterocycles. The van der Waals surface area contributed by atoms with Crippen LogP contribution in [-0.4, -0.2) is 24.9 Å². The van der Waals surface area contributed by atoms with E-state index in [1.165, 1.54) is 6.26 Å². The number of alkyl halides is 1. The Hall–Kier alpha value is -2.21. The summed E-state index contributed by atoms with van der Waals surface area (Å²) in [5, 5.41) is -0.545. The van der Waals surface area contributed by atoms with Crippen LogP contribution >= 0.6 is 0 Å². The summed E-state index contributed by atoms with van der Waals surface area (Å²) in [4.78, 5) is 4.21. The lowest BCUT2D eigenvalue weighted by molar-refractivity contribution is 0.470. The van der Waals surface area contributed by atoms with Crippen molar-refractivity contribution in [3.05, 3.63) is 60.0 Å². The molecule has 1 atom stereocenters. The highest BCUT2D eigenvalue weighted by Gasteiger charge is 2.23. The number of hydrogen-bond acceptors (Lipinski definition) is 4. The Labute approximate surface area is 134 Å². The summed E-state index contributed by atoms with van der Waals surface area (Å²) >= 11 is 0. The van der Waals surface area contributed by atoms with E-state index in [1.807, 2.05) is 30.3 Å². The Morgan fingerprint density at radius 3 is 2.61 bits per heavy atom. The standard InChI is InChI=1S/C17H16FNO3S/c1-23(20,21)14-9-7-12(8-10-14)16-15(11-18)19-17(22-16)13-5-3-2-4-6-13/h2-9,14H,10-11H2,1H3/t14-/m0/s1. The van der Waals surface area contributed by atoms with Crippen LogP contribution in [0.3, 0.4) is 0 Å². The van der Waals surface area contributed by atoms with Gasteiger partial charge in [-0.25, -0.2) is 17.8 Å². The lowest BCUT2D eigenvalue weighted by atomic mass is 10.0. The summed E-state index contributed by atoms with van der Waals surface area (Å²) in [6.07, 6.45) is 6.56. The number of nitrogens with zero attached hydrogens (tertiary/aromatic N) is 1. The fourth-order valence-electron chi connectivity index (χ4n) is 2.46. The van der Waals surface area contributed by atoms with Crippen molar-refractivity contribution in [3.63, 3.8) is 0 Å². The molecule has 2 aromatic rings. The molecule has 0 N–H and O–H groups in total. The maximum atomic E-state index is 13.3. The van der Waals surface area contributed by atoms with E-state index in [4.69, 9.17) is 4.42 Å². The van der Waals surface area contributed by atoms with Crippen LogP contribution in [-0.2, 0) is 16.5 Å². The highest BCUT2D eigenvalue weighted by molar-refractivity contribution is 7.91. The van der Waals surface area contributed by atoms with Gasteiger partial charge in [-0.05, 0) is 18.6 Å². The molecule has 1 aliphatic rings. The molecule has 1 heterocycles. The first kappa shape index (κ1) is 15.7. The number of rotatable bonds is 4. The van der Waals surface area contributed by atoms with Gasteiger partial charge < -0.3 is 4.42 Å². The first-order chi connectivity index (χ1) is 11.0. The molecule has 6 heteroatoms. The number of oxazole rings is 1. The molecule has 120 valence electrons. The molecule has 1 aliphatic carbocycles. The molecule has 3 rings (SSSR count). The van der Waals surface area contributed by atoms with Crippen LogP contribution < -0.4 is 0 Å². The van der Waals surface area contributed by atoms with Crippen molar-refractivity contribution < 1.29 is 17.2 Å². The highest BCUT2D eigenvalue weighted by atomic mass is 32.2. The predicted molar refractivity (Wildman–Crippen MR) is 87.1 cm³/mol. The second-order valence-corrected chi connectivity index (χ2v) is 7.68. The van der Waals surface area contributed by atoms with Crippen molar-refractivity contribution in [2.24, 2.45) is 0 Å². The topological polar surface area (TPSA) is 60.2 Å². The summed E-state index contributed by atoms with van der Waals surface area (Å²) in [6.45, 7) is -0.744. The second-order valence-electron chi connectivity index (χ2n) is 5.42. The molecule has 0 saturated heterocycles. The summed E-state index contributed by atoms with van der Waals surface area (Å²) in [5.41, 5.74) is 1.65. The third kappa shape index (κ3) is 3.27. The Balaban J connectivity index is 1.94. The average molecular weight is 333 g/mol. The number of hydrogen-bond donors (Lipinski definition) is 0. The van der Waals surface area contributed by atoms with E-state index in [-0.39, 0.29) is 5.69 Å². The zero-order chi connectivity index (χ0) is 16.4. The van der Waals surface area contributed by atoms with Crippen LogP contribution in [0.1, 0.15) is 17.9 Å². The van der Waals surface area contributed by atoms with E-state index in [0.717, 1.165) is 5.56 Å². The highest BCUT2D eigenvalue weighted by Crippen LogP contribution is 2.31. The minimum absolute atomic E-state index is 0.220. The number of halogens is 1. The molecule has 4 nitrogen and oxygen atoms in total. The van der Waals surface area contributed by atoms with E-state index in [1.54, 1.807) is 18.2 Å². The van der Waals surface area contributed by atoms with E-state index in [0.29, 0.717) is 23.6 Å². The van der Waals surface area contributed by atoms with Crippen molar-refractivity contribution in [3.8, 4) is 11.5 Å². The van der Waals surface area contributed by atoms with Gasteiger partial charge in [0.15, 0.2) is 15.6 Å². The molecular weight excluding hydrogens is 317 g/mol. The number of aromatic nitrogens is 1. The van der Waals surface area contributed by atoms with Crippen molar-refractivity contribution in [1.29, 1.82) is 0 Å². The van der Waals surface area contributed by atoms with Crippen LogP contribution in [0.5, 0.6) is 0 Å². The molecule has 0 unspecified atom stereocenters. The van der Waals surface area contributed by atoms with Gasteiger partial charge in [0.1, 0.15) is 12.4 Å². The summed E-state index contributed by atoms with van der Waals surface area (Å²) in [6, 6.07) is 9.25. The molecule has 0 spiro atoms. The minimum Gasteiger partial charge on any atom is -0.436 e. The molecule has 0 aliphatic heterocycles. The van der Waals surface area contributed by atoms with Crippen molar-refractivity contribution in [2.45, 2.75) is 18.3 Å². The zero-order valence-electron chi connectivity index (χ0n) is 12.6. The zero-order valence-corrected chi connectivity index (χ0v) is 13.4.